The number of ether oxygens (including phenoxy) is 1. The molecule has 0 N–H and O–H groups in total. The van der Waals surface area contributed by atoms with Crippen LogP contribution in [0.4, 0.5) is 5.69 Å². The summed E-state index contributed by atoms with van der Waals surface area (Å²) in [6, 6.07) is 23.3. The Bertz CT molecular complexity index is 1230. The molecule has 2 atom stereocenters. The Kier molecular flexibility index (Phi) is 5.67. The van der Waals surface area contributed by atoms with Gasteiger partial charge in [0.2, 0.25) is 5.91 Å². The zero-order valence-corrected chi connectivity index (χ0v) is 19.3. The number of benzene rings is 3. The molecule has 6 rings (SSSR count). The molecule has 0 aromatic heterocycles. The largest absolute Gasteiger partial charge is 0.491 e. The Labute approximate surface area is 200 Å². The number of carbonyl (C=O) groups is 1. The number of aliphatic imine (C=N–C) groups is 1. The monoisotopic (exact) mass is 454 g/mol. The SMILES string of the molecule is O=C1C2CCCOc3ccccc3N1CCN2CC1CN=CN1Cc1ccc2ccccc2c1. The van der Waals surface area contributed by atoms with E-state index in [0.717, 1.165) is 50.5 Å². The molecule has 3 aromatic carbocycles. The number of carbonyl (C=O) groups excluding carboxylic acids is 1. The molecular formula is C28H30N4O2. The Morgan fingerprint density at radius 2 is 1.82 bits per heavy atom. The van der Waals surface area contributed by atoms with Crippen molar-refractivity contribution >= 4 is 28.7 Å². The fraction of sp³-hybridized carbons (Fsp3) is 0.357. The Morgan fingerprint density at radius 3 is 2.76 bits per heavy atom. The van der Waals surface area contributed by atoms with Crippen LogP contribution in [0.2, 0.25) is 0 Å². The smallest absolute Gasteiger partial charge is 0.244 e. The van der Waals surface area contributed by atoms with Crippen molar-refractivity contribution in [1.82, 2.24) is 9.80 Å². The van der Waals surface area contributed by atoms with Crippen LogP contribution >= 0.6 is 0 Å². The molecule has 1 fully saturated rings. The maximum absolute atomic E-state index is 13.6. The molecule has 3 aliphatic heterocycles. The summed E-state index contributed by atoms with van der Waals surface area (Å²) in [6.45, 7) is 4.65. The highest BCUT2D eigenvalue weighted by Gasteiger charge is 2.38. The molecule has 0 saturated carbocycles. The van der Waals surface area contributed by atoms with Gasteiger partial charge in [-0.05, 0) is 47.4 Å². The van der Waals surface area contributed by atoms with Gasteiger partial charge in [-0.25, -0.2) is 0 Å². The minimum Gasteiger partial charge on any atom is -0.491 e. The summed E-state index contributed by atoms with van der Waals surface area (Å²) in [7, 11) is 0. The fourth-order valence-corrected chi connectivity index (χ4v) is 5.48. The molecule has 34 heavy (non-hydrogen) atoms. The first-order valence-corrected chi connectivity index (χ1v) is 12.3. The van der Waals surface area contributed by atoms with Gasteiger partial charge in [0.15, 0.2) is 0 Å². The number of piperazine rings is 1. The van der Waals surface area contributed by atoms with Gasteiger partial charge in [-0.1, -0.05) is 48.5 Å². The molecule has 2 unspecified atom stereocenters. The van der Waals surface area contributed by atoms with E-state index in [2.05, 4.69) is 57.3 Å². The third kappa shape index (κ3) is 4.03. The summed E-state index contributed by atoms with van der Waals surface area (Å²) in [5.41, 5.74) is 2.19. The van der Waals surface area contributed by atoms with Gasteiger partial charge >= 0.3 is 0 Å². The summed E-state index contributed by atoms with van der Waals surface area (Å²) in [4.78, 5) is 24.8. The van der Waals surface area contributed by atoms with Crippen LogP contribution in [0.5, 0.6) is 5.75 Å². The molecule has 0 spiro atoms. The van der Waals surface area contributed by atoms with E-state index in [9.17, 15) is 4.79 Å². The van der Waals surface area contributed by atoms with Gasteiger partial charge in [-0.2, -0.15) is 0 Å². The van der Waals surface area contributed by atoms with Crippen molar-refractivity contribution in [2.45, 2.75) is 31.5 Å². The van der Waals surface area contributed by atoms with E-state index >= 15 is 0 Å². The number of amides is 1. The van der Waals surface area contributed by atoms with Crippen LogP contribution < -0.4 is 9.64 Å². The van der Waals surface area contributed by atoms with E-state index in [1.807, 2.05) is 35.5 Å². The van der Waals surface area contributed by atoms with Crippen LogP contribution in [0.15, 0.2) is 71.7 Å². The lowest BCUT2D eigenvalue weighted by Crippen LogP contribution is -2.59. The predicted octanol–water partition coefficient (Wildman–Crippen LogP) is 3.94. The van der Waals surface area contributed by atoms with Crippen molar-refractivity contribution in [1.29, 1.82) is 0 Å². The molecule has 1 saturated heterocycles. The molecular weight excluding hydrogens is 424 g/mol. The normalized spacial score (nSPS) is 22.8. The lowest BCUT2D eigenvalue weighted by molar-refractivity contribution is -0.126. The van der Waals surface area contributed by atoms with Crippen molar-refractivity contribution in [2.75, 3.05) is 37.7 Å². The Balaban J connectivity index is 1.18. The fourth-order valence-electron chi connectivity index (χ4n) is 5.48. The topological polar surface area (TPSA) is 48.4 Å². The average molecular weight is 455 g/mol. The second-order valence-electron chi connectivity index (χ2n) is 9.45. The van der Waals surface area contributed by atoms with Crippen LogP contribution in [-0.2, 0) is 11.3 Å². The first-order valence-electron chi connectivity index (χ1n) is 12.3. The van der Waals surface area contributed by atoms with Gasteiger partial charge in [0.25, 0.3) is 0 Å². The maximum Gasteiger partial charge on any atom is 0.244 e. The van der Waals surface area contributed by atoms with Crippen molar-refractivity contribution in [3.05, 3.63) is 72.3 Å². The van der Waals surface area contributed by atoms with Crippen LogP contribution in [0, 0.1) is 0 Å². The number of para-hydroxylation sites is 2. The summed E-state index contributed by atoms with van der Waals surface area (Å²) in [5, 5.41) is 2.53. The zero-order chi connectivity index (χ0) is 22.9. The van der Waals surface area contributed by atoms with E-state index in [4.69, 9.17) is 4.74 Å². The highest BCUT2D eigenvalue weighted by molar-refractivity contribution is 5.99. The third-order valence-corrected chi connectivity index (χ3v) is 7.28. The van der Waals surface area contributed by atoms with Crippen molar-refractivity contribution in [2.24, 2.45) is 4.99 Å². The summed E-state index contributed by atoms with van der Waals surface area (Å²) >= 11 is 0. The molecule has 0 aliphatic carbocycles. The summed E-state index contributed by atoms with van der Waals surface area (Å²) < 4.78 is 6.01. The summed E-state index contributed by atoms with van der Waals surface area (Å²) in [6.07, 6.45) is 3.68. The molecule has 6 nitrogen and oxygen atoms in total. The molecule has 3 aliphatic rings. The predicted molar refractivity (Wildman–Crippen MR) is 136 cm³/mol. The molecule has 0 radical (unpaired) electrons. The summed E-state index contributed by atoms with van der Waals surface area (Å²) in [5.74, 6) is 1.01. The number of hydrogen-bond acceptors (Lipinski definition) is 5. The van der Waals surface area contributed by atoms with Crippen molar-refractivity contribution in [3.8, 4) is 5.75 Å². The van der Waals surface area contributed by atoms with Crippen LogP contribution in [0.25, 0.3) is 10.8 Å². The standard InChI is InChI=1S/C28H30N4O2/c33-28-26-9-5-15-34-27-10-4-3-8-25(27)32(28)14-13-30(26)19-24-17-29-20-31(24)18-21-11-12-22-6-1-2-7-23(22)16-21/h1-4,6-8,10-12,16,20,24,26H,5,9,13-15,17-19H2. The highest BCUT2D eigenvalue weighted by atomic mass is 16.5. The number of fused-ring (bicyclic) bond motifs is 5. The molecule has 3 aromatic rings. The van der Waals surface area contributed by atoms with Crippen LogP contribution in [0.1, 0.15) is 18.4 Å². The van der Waals surface area contributed by atoms with Crippen molar-refractivity contribution in [3.63, 3.8) is 0 Å². The van der Waals surface area contributed by atoms with Gasteiger partial charge in [-0.15, -0.1) is 0 Å². The molecule has 2 bridgehead atoms. The van der Waals surface area contributed by atoms with Crippen molar-refractivity contribution < 1.29 is 9.53 Å². The minimum atomic E-state index is -0.105. The first-order chi connectivity index (χ1) is 16.8. The van der Waals surface area contributed by atoms with E-state index < -0.39 is 0 Å². The highest BCUT2D eigenvalue weighted by Crippen LogP contribution is 2.33. The van der Waals surface area contributed by atoms with Gasteiger partial charge in [0.05, 0.1) is 37.3 Å². The first kappa shape index (κ1) is 21.2. The molecule has 3 heterocycles. The lowest BCUT2D eigenvalue weighted by Gasteiger charge is -2.42. The second-order valence-corrected chi connectivity index (χ2v) is 9.45. The van der Waals surface area contributed by atoms with Crippen LogP contribution in [-0.4, -0.2) is 66.9 Å². The Hall–Kier alpha value is -3.38. The van der Waals surface area contributed by atoms with Gasteiger partial charge in [0.1, 0.15) is 5.75 Å². The minimum absolute atomic E-state index is 0.105. The number of rotatable bonds is 4. The van der Waals surface area contributed by atoms with Gasteiger partial charge in [0, 0.05) is 26.2 Å². The number of hydrogen-bond donors (Lipinski definition) is 0. The van der Waals surface area contributed by atoms with E-state index in [1.54, 1.807) is 0 Å². The zero-order valence-electron chi connectivity index (χ0n) is 19.3. The molecule has 1 amide bonds. The van der Waals surface area contributed by atoms with Gasteiger partial charge < -0.3 is 14.5 Å². The third-order valence-electron chi connectivity index (χ3n) is 7.28. The van der Waals surface area contributed by atoms with Crippen LogP contribution in [0.3, 0.4) is 0 Å². The molecule has 6 heteroatoms. The number of anilines is 1. The number of nitrogens with zero attached hydrogens (tertiary/aromatic N) is 4. The average Bonchev–Trinajstić information content (AvgIpc) is 3.30. The lowest BCUT2D eigenvalue weighted by atomic mass is 10.0. The van der Waals surface area contributed by atoms with E-state index in [0.29, 0.717) is 13.2 Å². The molecule has 174 valence electrons. The van der Waals surface area contributed by atoms with Gasteiger partial charge in [-0.3, -0.25) is 14.7 Å². The Morgan fingerprint density at radius 1 is 0.971 bits per heavy atom. The second kappa shape index (κ2) is 9.11. The quantitative estimate of drug-likeness (QED) is 0.599. The van der Waals surface area contributed by atoms with E-state index in [1.165, 1.54) is 16.3 Å². The maximum atomic E-state index is 13.6. The van der Waals surface area contributed by atoms with E-state index in [-0.39, 0.29) is 18.0 Å².